The van der Waals surface area contributed by atoms with Gasteiger partial charge in [-0.05, 0) is 43.7 Å². The lowest BCUT2D eigenvalue weighted by Crippen LogP contribution is -2.21. The summed E-state index contributed by atoms with van der Waals surface area (Å²) in [6, 6.07) is 9.45. The summed E-state index contributed by atoms with van der Waals surface area (Å²) in [6.45, 7) is 1.01. The summed E-state index contributed by atoms with van der Waals surface area (Å²) in [4.78, 5) is 4.48. The van der Waals surface area contributed by atoms with Gasteiger partial charge >= 0.3 is 0 Å². The van der Waals surface area contributed by atoms with Gasteiger partial charge in [-0.25, -0.2) is 0 Å². The third-order valence-corrected chi connectivity index (χ3v) is 3.57. The largest absolute Gasteiger partial charge is 0.334 e. The minimum Gasteiger partial charge on any atom is -0.334 e. The van der Waals surface area contributed by atoms with E-state index in [1.165, 1.54) is 19.3 Å². The standard InChI is InChI=1S/C15H16N4O.ClH/c16-10-11-5-7-12(8-6-11)15-18-14(19-20-15)13-4-2-1-3-9-17-13;/h5-8,13,17H,1-4,9H2;1H. The number of nitriles is 1. The van der Waals surface area contributed by atoms with Crippen molar-refractivity contribution in [2.45, 2.75) is 31.7 Å². The van der Waals surface area contributed by atoms with Gasteiger partial charge in [-0.3, -0.25) is 0 Å². The second kappa shape index (κ2) is 7.21. The van der Waals surface area contributed by atoms with Crippen molar-refractivity contribution in [2.75, 3.05) is 6.54 Å². The Balaban J connectivity index is 0.00000161. The molecule has 1 unspecified atom stereocenters. The van der Waals surface area contributed by atoms with E-state index >= 15 is 0 Å². The van der Waals surface area contributed by atoms with Gasteiger partial charge in [0.2, 0.25) is 0 Å². The van der Waals surface area contributed by atoms with E-state index in [0.29, 0.717) is 11.5 Å². The van der Waals surface area contributed by atoms with Crippen LogP contribution in [0.15, 0.2) is 28.8 Å². The number of nitrogens with one attached hydrogen (secondary N) is 1. The molecule has 2 heterocycles. The number of hydrogen-bond donors (Lipinski definition) is 1. The molecule has 0 bridgehead atoms. The van der Waals surface area contributed by atoms with Gasteiger partial charge in [-0.2, -0.15) is 10.2 Å². The maximum absolute atomic E-state index is 8.79. The molecule has 1 saturated heterocycles. The lowest BCUT2D eigenvalue weighted by atomic mass is 10.1. The zero-order chi connectivity index (χ0) is 13.8. The smallest absolute Gasteiger partial charge is 0.257 e. The predicted octanol–water partition coefficient (Wildman–Crippen LogP) is 3.23. The van der Waals surface area contributed by atoms with E-state index in [-0.39, 0.29) is 18.4 Å². The highest BCUT2D eigenvalue weighted by Gasteiger charge is 2.19. The number of aromatic nitrogens is 2. The van der Waals surface area contributed by atoms with Crippen molar-refractivity contribution in [3.8, 4) is 17.5 Å². The van der Waals surface area contributed by atoms with Crippen LogP contribution in [0.4, 0.5) is 0 Å². The zero-order valence-electron chi connectivity index (χ0n) is 11.6. The molecule has 3 rings (SSSR count). The van der Waals surface area contributed by atoms with Crippen LogP contribution in [-0.4, -0.2) is 16.7 Å². The van der Waals surface area contributed by atoms with Crippen molar-refractivity contribution in [3.05, 3.63) is 35.7 Å². The summed E-state index contributed by atoms with van der Waals surface area (Å²) in [7, 11) is 0. The topological polar surface area (TPSA) is 74.7 Å². The Kier molecular flexibility index (Phi) is 5.32. The Morgan fingerprint density at radius 2 is 2.00 bits per heavy atom. The predicted molar refractivity (Wildman–Crippen MR) is 80.9 cm³/mol. The molecule has 0 aliphatic carbocycles. The van der Waals surface area contributed by atoms with E-state index in [0.717, 1.165) is 24.4 Å². The molecule has 6 heteroatoms. The van der Waals surface area contributed by atoms with Crippen LogP contribution in [-0.2, 0) is 0 Å². The Bertz CT molecular complexity index is 609. The first-order valence-corrected chi connectivity index (χ1v) is 6.94. The first-order chi connectivity index (χ1) is 9.86. The molecule has 1 fully saturated rings. The fourth-order valence-corrected chi connectivity index (χ4v) is 2.43. The van der Waals surface area contributed by atoms with Crippen LogP contribution in [0.25, 0.3) is 11.5 Å². The van der Waals surface area contributed by atoms with Crippen LogP contribution in [0.1, 0.15) is 43.1 Å². The molecule has 1 aliphatic heterocycles. The number of hydrogen-bond acceptors (Lipinski definition) is 5. The van der Waals surface area contributed by atoms with Crippen molar-refractivity contribution in [1.82, 2.24) is 15.5 Å². The van der Waals surface area contributed by atoms with Crippen LogP contribution >= 0.6 is 12.4 Å². The fraction of sp³-hybridized carbons (Fsp3) is 0.400. The summed E-state index contributed by atoms with van der Waals surface area (Å²) in [6.07, 6.45) is 4.70. The van der Waals surface area contributed by atoms with Gasteiger partial charge in [0.25, 0.3) is 5.89 Å². The van der Waals surface area contributed by atoms with Gasteiger partial charge in [0.05, 0.1) is 17.7 Å². The fourth-order valence-electron chi connectivity index (χ4n) is 2.43. The van der Waals surface area contributed by atoms with Gasteiger partial charge in [0, 0.05) is 5.56 Å². The van der Waals surface area contributed by atoms with Gasteiger partial charge in [-0.1, -0.05) is 18.0 Å². The molecule has 0 saturated carbocycles. The van der Waals surface area contributed by atoms with Crippen molar-refractivity contribution >= 4 is 12.4 Å². The Morgan fingerprint density at radius 3 is 2.76 bits per heavy atom. The summed E-state index contributed by atoms with van der Waals surface area (Å²) in [5.41, 5.74) is 1.47. The highest BCUT2D eigenvalue weighted by Crippen LogP contribution is 2.24. The van der Waals surface area contributed by atoms with E-state index in [9.17, 15) is 0 Å². The SMILES string of the molecule is Cl.N#Cc1ccc(-c2nc(C3CCCCCN3)no2)cc1. The number of rotatable bonds is 2. The molecule has 0 amide bonds. The lowest BCUT2D eigenvalue weighted by Gasteiger charge is -2.09. The molecule has 5 nitrogen and oxygen atoms in total. The second-order valence-electron chi connectivity index (χ2n) is 5.00. The molecule has 0 radical (unpaired) electrons. The van der Waals surface area contributed by atoms with Crippen LogP contribution in [0.2, 0.25) is 0 Å². The molecular formula is C15H17ClN4O. The van der Waals surface area contributed by atoms with Gasteiger partial charge in [0.1, 0.15) is 0 Å². The molecule has 1 aliphatic rings. The van der Waals surface area contributed by atoms with E-state index in [4.69, 9.17) is 9.78 Å². The summed E-state index contributed by atoms with van der Waals surface area (Å²) in [5, 5.41) is 16.3. The van der Waals surface area contributed by atoms with E-state index in [1.807, 2.05) is 12.1 Å². The number of benzene rings is 1. The first-order valence-electron chi connectivity index (χ1n) is 6.94. The van der Waals surface area contributed by atoms with Crippen LogP contribution in [0.3, 0.4) is 0 Å². The average molecular weight is 305 g/mol. The van der Waals surface area contributed by atoms with Crippen molar-refractivity contribution in [1.29, 1.82) is 5.26 Å². The highest BCUT2D eigenvalue weighted by molar-refractivity contribution is 5.85. The van der Waals surface area contributed by atoms with Crippen molar-refractivity contribution < 1.29 is 4.52 Å². The maximum atomic E-state index is 8.79. The lowest BCUT2D eigenvalue weighted by molar-refractivity contribution is 0.402. The molecule has 2 aromatic rings. The molecule has 21 heavy (non-hydrogen) atoms. The van der Waals surface area contributed by atoms with Gasteiger partial charge in [-0.15, -0.1) is 12.4 Å². The van der Waals surface area contributed by atoms with E-state index in [2.05, 4.69) is 21.5 Å². The van der Waals surface area contributed by atoms with Crippen LogP contribution < -0.4 is 5.32 Å². The quantitative estimate of drug-likeness (QED) is 0.922. The molecular weight excluding hydrogens is 288 g/mol. The Labute approximate surface area is 129 Å². The maximum Gasteiger partial charge on any atom is 0.257 e. The molecule has 110 valence electrons. The third-order valence-electron chi connectivity index (χ3n) is 3.57. The van der Waals surface area contributed by atoms with Crippen molar-refractivity contribution in [2.24, 2.45) is 0 Å². The monoisotopic (exact) mass is 304 g/mol. The first kappa shape index (κ1) is 15.5. The van der Waals surface area contributed by atoms with E-state index < -0.39 is 0 Å². The van der Waals surface area contributed by atoms with Crippen LogP contribution in [0.5, 0.6) is 0 Å². The highest BCUT2D eigenvalue weighted by atomic mass is 35.5. The molecule has 1 aromatic heterocycles. The summed E-state index contributed by atoms with van der Waals surface area (Å²) >= 11 is 0. The van der Waals surface area contributed by atoms with E-state index in [1.54, 1.807) is 12.1 Å². The van der Waals surface area contributed by atoms with Crippen molar-refractivity contribution in [3.63, 3.8) is 0 Å². The number of nitrogens with zero attached hydrogens (tertiary/aromatic N) is 3. The normalized spacial score (nSPS) is 18.3. The minimum atomic E-state index is 0. The Hall–Kier alpha value is -1.90. The molecule has 0 spiro atoms. The average Bonchev–Trinajstić information content (AvgIpc) is 2.83. The van der Waals surface area contributed by atoms with Gasteiger partial charge < -0.3 is 9.84 Å². The molecule has 1 atom stereocenters. The summed E-state index contributed by atoms with van der Waals surface area (Å²) in [5.74, 6) is 1.24. The molecule has 1 aromatic carbocycles. The summed E-state index contributed by atoms with van der Waals surface area (Å²) < 4.78 is 5.33. The van der Waals surface area contributed by atoms with Crippen LogP contribution in [0, 0.1) is 11.3 Å². The van der Waals surface area contributed by atoms with Gasteiger partial charge in [0.15, 0.2) is 5.82 Å². The molecule has 1 N–H and O–H groups in total. The minimum absolute atomic E-state index is 0. The number of halogens is 1. The second-order valence-corrected chi connectivity index (χ2v) is 5.00. The zero-order valence-corrected chi connectivity index (χ0v) is 12.4. The Morgan fingerprint density at radius 1 is 1.19 bits per heavy atom. The third kappa shape index (κ3) is 3.60.